The van der Waals surface area contributed by atoms with E-state index in [0.717, 1.165) is 31.2 Å². The van der Waals surface area contributed by atoms with Gasteiger partial charge in [0.1, 0.15) is 24.0 Å². The van der Waals surface area contributed by atoms with Crippen LogP contribution in [0.4, 0.5) is 16.3 Å². The molecule has 2 heterocycles. The third-order valence-electron chi connectivity index (χ3n) is 7.54. The number of amidine groups is 1. The summed E-state index contributed by atoms with van der Waals surface area (Å²) in [4.78, 5) is 60.1. The number of rotatable bonds is 16. The molecule has 0 unspecified atom stereocenters. The lowest BCUT2D eigenvalue weighted by Crippen LogP contribution is -2.34. The van der Waals surface area contributed by atoms with Crippen molar-refractivity contribution in [2.75, 3.05) is 29.7 Å². The molecule has 0 atom stereocenters. The molecule has 252 valence electrons. The SMILES string of the molecule is CCCCCCOC(=O)NC(=N)c1ccc(N(Cc2nc3cc(C(=O)N(CCC(=O)OCC)c4ccccn4)ccc3n2C)N=O)cc1. The predicted octanol–water partition coefficient (Wildman–Crippen LogP) is 5.89. The fourth-order valence-corrected chi connectivity index (χ4v) is 4.96. The van der Waals surface area contributed by atoms with Crippen molar-refractivity contribution in [3.63, 3.8) is 0 Å². The van der Waals surface area contributed by atoms with Crippen LogP contribution >= 0.6 is 0 Å². The number of nitrogens with one attached hydrogen (secondary N) is 2. The Morgan fingerprint density at radius 1 is 0.979 bits per heavy atom. The number of nitroso groups, excluding NO2 is 1. The van der Waals surface area contributed by atoms with Gasteiger partial charge in [-0.3, -0.25) is 25.2 Å². The van der Waals surface area contributed by atoms with Gasteiger partial charge in [-0.25, -0.2) is 19.8 Å². The van der Waals surface area contributed by atoms with E-state index < -0.39 is 12.1 Å². The fraction of sp³-hybridized carbons (Fsp3) is 0.353. The number of carbonyl (C=O) groups is 3. The molecule has 0 aliphatic heterocycles. The molecule has 0 saturated carbocycles. The van der Waals surface area contributed by atoms with E-state index in [-0.39, 0.29) is 37.9 Å². The number of aromatic nitrogens is 3. The van der Waals surface area contributed by atoms with Crippen LogP contribution in [-0.4, -0.2) is 58.1 Å². The number of esters is 1. The highest BCUT2D eigenvalue weighted by Crippen LogP contribution is 2.23. The van der Waals surface area contributed by atoms with Crippen molar-refractivity contribution in [3.8, 4) is 0 Å². The smallest absolute Gasteiger partial charge is 0.412 e. The molecule has 0 aliphatic rings. The van der Waals surface area contributed by atoms with Gasteiger partial charge in [-0.1, -0.05) is 32.3 Å². The van der Waals surface area contributed by atoms with Crippen LogP contribution in [0.25, 0.3) is 11.0 Å². The lowest BCUT2D eigenvalue weighted by atomic mass is 10.1. The van der Waals surface area contributed by atoms with E-state index in [2.05, 4.69) is 27.5 Å². The predicted molar refractivity (Wildman–Crippen MR) is 182 cm³/mol. The van der Waals surface area contributed by atoms with Crippen LogP contribution in [-0.2, 0) is 27.9 Å². The summed E-state index contributed by atoms with van der Waals surface area (Å²) in [7, 11) is 1.80. The molecule has 0 radical (unpaired) electrons. The van der Waals surface area contributed by atoms with Crippen LogP contribution in [0.3, 0.4) is 0 Å². The molecule has 2 amide bonds. The largest absolute Gasteiger partial charge is 0.466 e. The molecule has 2 aromatic carbocycles. The van der Waals surface area contributed by atoms with Gasteiger partial charge < -0.3 is 14.0 Å². The Bertz CT molecular complexity index is 1720. The number of fused-ring (bicyclic) bond motifs is 1. The summed E-state index contributed by atoms with van der Waals surface area (Å²) in [6.07, 6.45) is 4.79. The van der Waals surface area contributed by atoms with E-state index in [1.807, 2.05) is 0 Å². The minimum atomic E-state index is -0.690. The standard InChI is InChI=1S/C34H40N8O6/c1-4-6-7-10-21-48-34(45)38-32(35)24-12-15-26(16-13-24)42(39-46)23-30-37-27-22-25(14-17-28(27)40(30)3)33(44)41(20-18-31(43)47-5-2)29-11-8-9-19-36-29/h8-9,11-17,19,22H,4-7,10,18,20-21,23H2,1-3H3,(H2,35,38,45). The second kappa shape index (κ2) is 17.3. The minimum Gasteiger partial charge on any atom is -0.466 e. The van der Waals surface area contributed by atoms with Crippen molar-refractivity contribution in [2.24, 2.45) is 12.3 Å². The van der Waals surface area contributed by atoms with Gasteiger partial charge in [-0.2, -0.15) is 0 Å². The summed E-state index contributed by atoms with van der Waals surface area (Å²) in [5.41, 5.74) is 2.49. The van der Waals surface area contributed by atoms with Gasteiger partial charge in [0.25, 0.3) is 5.91 Å². The highest BCUT2D eigenvalue weighted by atomic mass is 16.5. The number of alkyl carbamates (subject to hydrolysis) is 1. The van der Waals surface area contributed by atoms with Gasteiger partial charge in [0.2, 0.25) is 0 Å². The molecule has 2 aromatic heterocycles. The summed E-state index contributed by atoms with van der Waals surface area (Å²) in [5, 5.41) is 15.0. The summed E-state index contributed by atoms with van der Waals surface area (Å²) in [6.45, 7) is 4.47. The van der Waals surface area contributed by atoms with E-state index in [0.29, 0.717) is 40.6 Å². The summed E-state index contributed by atoms with van der Waals surface area (Å²) >= 11 is 0. The summed E-state index contributed by atoms with van der Waals surface area (Å²) in [6, 6.07) is 16.7. The van der Waals surface area contributed by atoms with Gasteiger partial charge in [0, 0.05) is 30.9 Å². The van der Waals surface area contributed by atoms with Crippen molar-refractivity contribution in [3.05, 3.63) is 88.7 Å². The maximum Gasteiger partial charge on any atom is 0.412 e. The number of carbonyl (C=O) groups excluding carboxylic acids is 3. The van der Waals surface area contributed by atoms with Gasteiger partial charge in [-0.05, 0) is 67.9 Å². The normalized spacial score (nSPS) is 10.7. The molecular formula is C34H40N8O6. The molecule has 0 bridgehead atoms. The molecule has 0 saturated heterocycles. The quantitative estimate of drug-likeness (QED) is 0.0372. The van der Waals surface area contributed by atoms with Crippen LogP contribution in [0.2, 0.25) is 0 Å². The molecule has 4 aromatic rings. The number of imidazole rings is 1. The van der Waals surface area contributed by atoms with Gasteiger partial charge in [0.15, 0.2) is 0 Å². The van der Waals surface area contributed by atoms with Gasteiger partial charge >= 0.3 is 12.1 Å². The van der Waals surface area contributed by atoms with E-state index in [9.17, 15) is 19.3 Å². The van der Waals surface area contributed by atoms with Crippen molar-refractivity contribution in [2.45, 2.75) is 52.5 Å². The third-order valence-corrected chi connectivity index (χ3v) is 7.54. The molecule has 0 aliphatic carbocycles. The van der Waals surface area contributed by atoms with Crippen LogP contribution in [0.5, 0.6) is 0 Å². The summed E-state index contributed by atoms with van der Waals surface area (Å²) in [5.74, 6) is 0.00833. The molecular weight excluding hydrogens is 616 g/mol. The monoisotopic (exact) mass is 656 g/mol. The number of unbranched alkanes of at least 4 members (excludes halogenated alkanes) is 3. The molecule has 48 heavy (non-hydrogen) atoms. The average Bonchev–Trinajstić information content (AvgIpc) is 3.41. The van der Waals surface area contributed by atoms with Crippen molar-refractivity contribution in [1.82, 2.24) is 19.9 Å². The molecule has 2 N–H and O–H groups in total. The molecule has 4 rings (SSSR count). The summed E-state index contributed by atoms with van der Waals surface area (Å²) < 4.78 is 12.0. The average molecular weight is 657 g/mol. The second-order valence-electron chi connectivity index (χ2n) is 10.9. The Morgan fingerprint density at radius 3 is 2.44 bits per heavy atom. The molecule has 14 heteroatoms. The highest BCUT2D eigenvalue weighted by Gasteiger charge is 2.22. The zero-order chi connectivity index (χ0) is 34.5. The number of nitrogens with zero attached hydrogens (tertiary/aromatic N) is 6. The Morgan fingerprint density at radius 2 is 1.75 bits per heavy atom. The number of pyridine rings is 1. The lowest BCUT2D eigenvalue weighted by molar-refractivity contribution is -0.142. The topological polar surface area (TPSA) is 172 Å². The van der Waals surface area contributed by atoms with Crippen LogP contribution in [0, 0.1) is 10.3 Å². The maximum atomic E-state index is 13.7. The fourth-order valence-electron chi connectivity index (χ4n) is 4.96. The first-order valence-electron chi connectivity index (χ1n) is 15.8. The maximum absolute atomic E-state index is 13.7. The zero-order valence-electron chi connectivity index (χ0n) is 27.3. The van der Waals surface area contributed by atoms with E-state index in [4.69, 9.17) is 14.9 Å². The van der Waals surface area contributed by atoms with Crippen molar-refractivity contribution < 1.29 is 23.9 Å². The highest BCUT2D eigenvalue weighted by molar-refractivity contribution is 6.07. The van der Waals surface area contributed by atoms with Crippen molar-refractivity contribution >= 4 is 46.3 Å². The van der Waals surface area contributed by atoms with Crippen molar-refractivity contribution in [1.29, 1.82) is 5.41 Å². The molecule has 0 fully saturated rings. The first kappa shape index (κ1) is 35.2. The number of amides is 2. The van der Waals surface area contributed by atoms with E-state index >= 15 is 0 Å². The Kier molecular flexibility index (Phi) is 12.7. The number of hydrogen-bond donors (Lipinski definition) is 2. The molecule has 14 nitrogen and oxygen atoms in total. The minimum absolute atomic E-state index is 0.00498. The van der Waals surface area contributed by atoms with Gasteiger partial charge in [-0.15, -0.1) is 4.91 Å². The van der Waals surface area contributed by atoms with Crippen LogP contribution in [0.15, 0.2) is 72.1 Å². The van der Waals surface area contributed by atoms with Crippen LogP contribution in [0.1, 0.15) is 67.7 Å². The number of anilines is 2. The lowest BCUT2D eigenvalue weighted by Gasteiger charge is -2.21. The Labute approximate surface area is 278 Å². The number of hydrogen-bond acceptors (Lipinski definition) is 10. The van der Waals surface area contributed by atoms with E-state index in [1.165, 1.54) is 9.91 Å². The number of benzene rings is 2. The van der Waals surface area contributed by atoms with Crippen LogP contribution < -0.4 is 15.2 Å². The first-order valence-corrected chi connectivity index (χ1v) is 15.8. The zero-order valence-corrected chi connectivity index (χ0v) is 27.3. The first-order chi connectivity index (χ1) is 23.2. The van der Waals surface area contributed by atoms with E-state index in [1.54, 1.807) is 85.4 Å². The van der Waals surface area contributed by atoms with Gasteiger partial charge in [0.05, 0.1) is 41.6 Å². The Balaban J connectivity index is 1.45. The molecule has 0 spiro atoms. The number of aryl methyl sites for hydroxylation is 1. The second-order valence-corrected chi connectivity index (χ2v) is 10.9. The third kappa shape index (κ3) is 9.21. The number of ether oxygens (including phenoxy) is 2. The Hall–Kier alpha value is -5.66.